The lowest BCUT2D eigenvalue weighted by Crippen LogP contribution is -2.50. The number of esters is 3. The highest BCUT2D eigenvalue weighted by molar-refractivity contribution is 7.48. The van der Waals surface area contributed by atoms with Crippen LogP contribution in [0.3, 0.4) is 0 Å². The molecule has 0 aromatic heterocycles. The fraction of sp³-hybridized carbons (Fsp3) is 0.241. The Balaban J connectivity index is 1.93. The lowest BCUT2D eigenvalue weighted by atomic mass is 10.0. The molecule has 1 N–H and O–H groups in total. The molecule has 0 aliphatic rings. The molecule has 3 atom stereocenters. The fourth-order valence-corrected chi connectivity index (χ4v) is 4.15. The van der Waals surface area contributed by atoms with Crippen molar-refractivity contribution < 1.29 is 56.6 Å². The summed E-state index contributed by atoms with van der Waals surface area (Å²) in [6, 6.07) is 23.0. The largest absolute Gasteiger partial charge is 0.474 e. The molecule has 1 unspecified atom stereocenters. The molecule has 0 saturated heterocycles. The van der Waals surface area contributed by atoms with Gasteiger partial charge in [0.15, 0.2) is 6.10 Å². The van der Waals surface area contributed by atoms with Crippen molar-refractivity contribution in [3.05, 3.63) is 108 Å². The van der Waals surface area contributed by atoms with E-state index < -0.39 is 63.0 Å². The summed E-state index contributed by atoms with van der Waals surface area (Å²) in [5.74, 6) is -3.88. The van der Waals surface area contributed by atoms with Gasteiger partial charge in [-0.25, -0.2) is 18.9 Å². The first-order chi connectivity index (χ1) is 20.2. The summed E-state index contributed by atoms with van der Waals surface area (Å²) in [4.78, 5) is 51.8. The van der Waals surface area contributed by atoms with Crippen LogP contribution in [0, 0.1) is 0 Å². The maximum absolute atomic E-state index is 13.4. The number of hydrogen-bond donors (Lipinski definition) is 1. The van der Waals surface area contributed by atoms with Crippen LogP contribution in [0.4, 0.5) is 0 Å². The molecule has 3 aromatic rings. The maximum Gasteiger partial charge on any atom is 0.474 e. The molecule has 3 rings (SSSR count). The van der Waals surface area contributed by atoms with Crippen LogP contribution in [0.2, 0.25) is 0 Å². The molecular formula is C29H29O12P. The standard InChI is InChI=1S/C29H29O12P/c1-36-42(35,37-2)39-19-24(31)26(41-29(34)22-16-10-5-11-17-22)25(40-28(33)21-14-8-4-9-15-21)23(30)18-38-27(32)20-12-6-3-7-13-20/h3-17,23,25-26,30H,18-19H2,1-2H3/t23-,25-,26?/m1/s1. The molecule has 0 heterocycles. The molecule has 12 nitrogen and oxygen atoms in total. The minimum atomic E-state index is -4.16. The Kier molecular flexibility index (Phi) is 12.1. The fourth-order valence-electron chi connectivity index (χ4n) is 3.50. The molecular weight excluding hydrogens is 571 g/mol. The van der Waals surface area contributed by atoms with Crippen LogP contribution in [0.5, 0.6) is 0 Å². The Labute approximate surface area is 241 Å². The van der Waals surface area contributed by atoms with Gasteiger partial charge < -0.3 is 19.3 Å². The number of carbonyl (C=O) groups is 4. The van der Waals surface area contributed by atoms with Crippen LogP contribution in [0.15, 0.2) is 91.0 Å². The highest BCUT2D eigenvalue weighted by Gasteiger charge is 2.42. The molecule has 0 fully saturated rings. The first-order valence-corrected chi connectivity index (χ1v) is 13.9. The summed E-state index contributed by atoms with van der Waals surface area (Å²) in [5.41, 5.74) is 0.263. The molecule has 0 saturated carbocycles. The molecule has 13 heteroatoms. The van der Waals surface area contributed by atoms with E-state index >= 15 is 0 Å². The monoisotopic (exact) mass is 600 g/mol. The van der Waals surface area contributed by atoms with Crippen LogP contribution < -0.4 is 0 Å². The predicted molar refractivity (Wildman–Crippen MR) is 147 cm³/mol. The first kappa shape index (κ1) is 32.3. The highest BCUT2D eigenvalue weighted by Crippen LogP contribution is 2.47. The van der Waals surface area contributed by atoms with Crippen molar-refractivity contribution in [3.8, 4) is 0 Å². The maximum atomic E-state index is 13.4. The van der Waals surface area contributed by atoms with Crippen molar-refractivity contribution >= 4 is 31.5 Å². The van der Waals surface area contributed by atoms with Gasteiger partial charge in [0.25, 0.3) is 0 Å². The first-order valence-electron chi connectivity index (χ1n) is 12.5. The number of ether oxygens (including phenoxy) is 3. The Morgan fingerprint density at radius 3 is 1.57 bits per heavy atom. The second kappa shape index (κ2) is 15.7. The molecule has 0 bridgehead atoms. The topological polar surface area (TPSA) is 161 Å². The third kappa shape index (κ3) is 9.16. The van der Waals surface area contributed by atoms with Crippen molar-refractivity contribution in [3.63, 3.8) is 0 Å². The summed E-state index contributed by atoms with van der Waals surface area (Å²) < 4.78 is 42.8. The SMILES string of the molecule is COP(=O)(OC)OCC(=O)C(OC(=O)c1ccccc1)[C@H](OC(=O)c1ccccc1)[C@H](O)COC(=O)c1ccccc1. The van der Waals surface area contributed by atoms with Crippen LogP contribution >= 0.6 is 7.82 Å². The third-order valence-electron chi connectivity index (χ3n) is 5.70. The minimum Gasteiger partial charge on any atom is -0.459 e. The number of aliphatic hydroxyl groups excluding tert-OH is 1. The van der Waals surface area contributed by atoms with Crippen molar-refractivity contribution in [2.24, 2.45) is 0 Å². The number of benzene rings is 3. The zero-order chi connectivity index (χ0) is 30.5. The molecule has 0 aliphatic carbocycles. The number of hydrogen-bond acceptors (Lipinski definition) is 12. The average molecular weight is 601 g/mol. The molecule has 222 valence electrons. The van der Waals surface area contributed by atoms with E-state index in [-0.39, 0.29) is 16.7 Å². The number of phosphoric acid groups is 1. The average Bonchev–Trinajstić information content (AvgIpc) is 3.04. The number of Topliss-reactive ketones (excluding diaryl/α,β-unsaturated/α-hetero) is 1. The second-order valence-corrected chi connectivity index (χ2v) is 10.4. The van der Waals surface area contributed by atoms with E-state index in [1.54, 1.807) is 54.6 Å². The highest BCUT2D eigenvalue weighted by atomic mass is 31.2. The minimum absolute atomic E-state index is 0.0359. The Hall–Kier alpha value is -4.19. The van der Waals surface area contributed by atoms with Crippen molar-refractivity contribution in [2.75, 3.05) is 27.4 Å². The van der Waals surface area contributed by atoms with Gasteiger partial charge in [-0.1, -0.05) is 54.6 Å². The third-order valence-corrected chi connectivity index (χ3v) is 7.04. The lowest BCUT2D eigenvalue weighted by molar-refractivity contribution is -0.144. The van der Waals surface area contributed by atoms with E-state index in [2.05, 4.69) is 9.05 Å². The van der Waals surface area contributed by atoms with Gasteiger partial charge in [-0.05, 0) is 36.4 Å². The number of carbonyl (C=O) groups excluding carboxylic acids is 4. The van der Waals surface area contributed by atoms with E-state index in [4.69, 9.17) is 18.7 Å². The van der Waals surface area contributed by atoms with E-state index in [1.165, 1.54) is 36.4 Å². The normalized spacial score (nSPS) is 13.3. The molecule has 3 aromatic carbocycles. The molecule has 0 aliphatic heterocycles. The Bertz CT molecular complexity index is 1370. The zero-order valence-corrected chi connectivity index (χ0v) is 23.6. The lowest BCUT2D eigenvalue weighted by Gasteiger charge is -2.29. The van der Waals surface area contributed by atoms with E-state index in [0.717, 1.165) is 14.2 Å². The van der Waals surface area contributed by atoms with Crippen LogP contribution in [-0.2, 0) is 37.1 Å². The molecule has 0 amide bonds. The van der Waals surface area contributed by atoms with Gasteiger partial charge in [-0.2, -0.15) is 0 Å². The number of aliphatic hydroxyl groups is 1. The Morgan fingerprint density at radius 2 is 1.12 bits per heavy atom. The van der Waals surface area contributed by atoms with Gasteiger partial charge in [0.1, 0.15) is 19.3 Å². The number of ketones is 1. The van der Waals surface area contributed by atoms with Gasteiger partial charge in [-0.15, -0.1) is 0 Å². The van der Waals surface area contributed by atoms with Crippen molar-refractivity contribution in [2.45, 2.75) is 18.3 Å². The van der Waals surface area contributed by atoms with Crippen LogP contribution in [-0.4, -0.2) is 74.5 Å². The predicted octanol–water partition coefficient (Wildman–Crippen LogP) is 3.64. The van der Waals surface area contributed by atoms with Crippen LogP contribution in [0.1, 0.15) is 31.1 Å². The summed E-state index contributed by atoms with van der Waals surface area (Å²) in [6.45, 7) is -1.76. The van der Waals surface area contributed by atoms with Crippen LogP contribution in [0.25, 0.3) is 0 Å². The van der Waals surface area contributed by atoms with Crippen molar-refractivity contribution in [1.29, 1.82) is 0 Å². The Morgan fingerprint density at radius 1 is 0.690 bits per heavy atom. The molecule has 42 heavy (non-hydrogen) atoms. The number of phosphoric ester groups is 1. The summed E-state index contributed by atoms with van der Waals surface area (Å²) in [5, 5.41) is 11.1. The zero-order valence-electron chi connectivity index (χ0n) is 22.7. The summed E-state index contributed by atoms with van der Waals surface area (Å²) >= 11 is 0. The van der Waals surface area contributed by atoms with Gasteiger partial charge in [-0.3, -0.25) is 18.4 Å². The van der Waals surface area contributed by atoms with Gasteiger partial charge in [0.2, 0.25) is 11.9 Å². The molecule has 0 spiro atoms. The van der Waals surface area contributed by atoms with Gasteiger partial charge in [0.05, 0.1) is 16.7 Å². The van der Waals surface area contributed by atoms with E-state index in [9.17, 15) is 28.8 Å². The van der Waals surface area contributed by atoms with E-state index in [1.807, 2.05) is 0 Å². The number of rotatable bonds is 15. The quantitative estimate of drug-likeness (QED) is 0.153. The summed E-state index contributed by atoms with van der Waals surface area (Å²) in [6.07, 6.45) is -5.80. The van der Waals surface area contributed by atoms with E-state index in [0.29, 0.717) is 0 Å². The molecule has 0 radical (unpaired) electrons. The van der Waals surface area contributed by atoms with Crippen molar-refractivity contribution in [1.82, 2.24) is 0 Å². The van der Waals surface area contributed by atoms with Gasteiger partial charge in [0, 0.05) is 14.2 Å². The second-order valence-electron chi connectivity index (χ2n) is 8.51. The smallest absolute Gasteiger partial charge is 0.459 e. The summed E-state index contributed by atoms with van der Waals surface area (Å²) in [7, 11) is -2.11. The van der Waals surface area contributed by atoms with Gasteiger partial charge >= 0.3 is 25.7 Å².